The van der Waals surface area contributed by atoms with Gasteiger partial charge in [0.15, 0.2) is 0 Å². The summed E-state index contributed by atoms with van der Waals surface area (Å²) in [6.07, 6.45) is 4.30. The largest absolute Gasteiger partial charge is 0.254 e. The Kier molecular flexibility index (Phi) is 4.12. The maximum absolute atomic E-state index is 12.6. The number of halogens is 1. The van der Waals surface area contributed by atoms with Crippen LogP contribution in [-0.4, -0.2) is 8.96 Å². The number of rotatable bonds is 2. The van der Waals surface area contributed by atoms with Crippen molar-refractivity contribution in [2.75, 3.05) is 0 Å². The molecule has 0 heterocycles. The standard InChI is InChI=1S/C15H19BrOS/c1-15(2,3)18(17)14-6-4-5-13(14)11-7-9-12(16)10-8-11/h6-10,13H,4-5H2,1-3H3/t13-,18?/m0/s1. The molecule has 1 aromatic rings. The molecule has 18 heavy (non-hydrogen) atoms. The van der Waals surface area contributed by atoms with E-state index in [2.05, 4.69) is 46.3 Å². The van der Waals surface area contributed by atoms with Crippen molar-refractivity contribution in [1.29, 1.82) is 0 Å². The molecule has 1 nitrogen and oxygen atoms in total. The average Bonchev–Trinajstić information content (AvgIpc) is 2.76. The third kappa shape index (κ3) is 2.94. The molecule has 0 aromatic heterocycles. The Bertz CT molecular complexity index is 482. The maximum Gasteiger partial charge on any atom is 0.0545 e. The summed E-state index contributed by atoms with van der Waals surface area (Å²) in [6, 6.07) is 8.39. The van der Waals surface area contributed by atoms with Gasteiger partial charge in [0.2, 0.25) is 0 Å². The molecule has 0 fully saturated rings. The van der Waals surface area contributed by atoms with E-state index >= 15 is 0 Å². The summed E-state index contributed by atoms with van der Waals surface area (Å²) in [6.45, 7) is 6.13. The van der Waals surface area contributed by atoms with Crippen molar-refractivity contribution in [3.63, 3.8) is 0 Å². The summed E-state index contributed by atoms with van der Waals surface area (Å²) >= 11 is 3.46. The van der Waals surface area contributed by atoms with E-state index < -0.39 is 10.8 Å². The van der Waals surface area contributed by atoms with Gasteiger partial charge in [-0.3, -0.25) is 4.21 Å². The maximum atomic E-state index is 12.6. The van der Waals surface area contributed by atoms with Crippen LogP contribution in [0.2, 0.25) is 0 Å². The first kappa shape index (κ1) is 14.0. The molecule has 0 amide bonds. The molecule has 0 spiro atoms. The Hall–Kier alpha value is -0.410. The summed E-state index contributed by atoms with van der Waals surface area (Å²) in [4.78, 5) is 1.12. The molecule has 0 saturated carbocycles. The van der Waals surface area contributed by atoms with E-state index in [9.17, 15) is 4.21 Å². The van der Waals surface area contributed by atoms with E-state index in [0.29, 0.717) is 5.92 Å². The summed E-state index contributed by atoms with van der Waals surface area (Å²) < 4.78 is 13.5. The van der Waals surface area contributed by atoms with Crippen molar-refractivity contribution >= 4 is 26.7 Å². The molecule has 0 radical (unpaired) electrons. The quantitative estimate of drug-likeness (QED) is 0.765. The van der Waals surface area contributed by atoms with Gasteiger partial charge in [0.05, 0.1) is 10.8 Å². The van der Waals surface area contributed by atoms with Gasteiger partial charge >= 0.3 is 0 Å². The lowest BCUT2D eigenvalue weighted by atomic mass is 9.99. The third-order valence-electron chi connectivity index (χ3n) is 3.19. The number of hydrogen-bond acceptors (Lipinski definition) is 1. The van der Waals surface area contributed by atoms with Crippen molar-refractivity contribution in [3.05, 3.63) is 45.3 Å². The molecule has 2 rings (SSSR count). The van der Waals surface area contributed by atoms with Gasteiger partial charge in [0.25, 0.3) is 0 Å². The van der Waals surface area contributed by atoms with E-state index in [0.717, 1.165) is 22.2 Å². The third-order valence-corrected chi connectivity index (χ3v) is 5.71. The number of benzene rings is 1. The van der Waals surface area contributed by atoms with Crippen molar-refractivity contribution < 1.29 is 4.21 Å². The molecular formula is C15H19BrOS. The zero-order chi connectivity index (χ0) is 13.3. The van der Waals surface area contributed by atoms with Gasteiger partial charge in [-0.15, -0.1) is 0 Å². The van der Waals surface area contributed by atoms with E-state index in [1.165, 1.54) is 5.56 Å². The Balaban J connectivity index is 2.28. The number of hydrogen-bond donors (Lipinski definition) is 0. The van der Waals surface area contributed by atoms with Crippen molar-refractivity contribution in [2.45, 2.75) is 44.3 Å². The Labute approximate surface area is 120 Å². The van der Waals surface area contributed by atoms with Crippen molar-refractivity contribution in [1.82, 2.24) is 0 Å². The molecular weight excluding hydrogens is 308 g/mol. The first-order chi connectivity index (χ1) is 8.39. The fourth-order valence-corrected chi connectivity index (χ4v) is 4.01. The van der Waals surface area contributed by atoms with Crippen molar-refractivity contribution in [2.24, 2.45) is 0 Å². The number of allylic oxidation sites excluding steroid dienone is 2. The van der Waals surface area contributed by atoms with Crippen LogP contribution < -0.4 is 0 Å². The fraction of sp³-hybridized carbons (Fsp3) is 0.467. The molecule has 1 unspecified atom stereocenters. The normalized spacial score (nSPS) is 21.8. The monoisotopic (exact) mass is 326 g/mol. The predicted molar refractivity (Wildman–Crippen MR) is 82.1 cm³/mol. The molecule has 1 aliphatic carbocycles. The van der Waals surface area contributed by atoms with Crippen LogP contribution >= 0.6 is 15.9 Å². The summed E-state index contributed by atoms with van der Waals surface area (Å²) in [7, 11) is -0.899. The lowest BCUT2D eigenvalue weighted by Crippen LogP contribution is -2.24. The smallest absolute Gasteiger partial charge is 0.0545 e. The van der Waals surface area contributed by atoms with Crippen LogP contribution in [0.15, 0.2) is 39.7 Å². The van der Waals surface area contributed by atoms with E-state index in [4.69, 9.17) is 0 Å². The minimum absolute atomic E-state index is 0.177. The van der Waals surface area contributed by atoms with E-state index in [1.807, 2.05) is 20.8 Å². The molecule has 3 heteroatoms. The highest BCUT2D eigenvalue weighted by atomic mass is 79.9. The minimum Gasteiger partial charge on any atom is -0.254 e. The zero-order valence-electron chi connectivity index (χ0n) is 11.1. The van der Waals surface area contributed by atoms with E-state index in [-0.39, 0.29) is 4.75 Å². The van der Waals surface area contributed by atoms with Gasteiger partial charge in [-0.05, 0) is 51.3 Å². The van der Waals surface area contributed by atoms with Gasteiger partial charge in [-0.2, -0.15) is 0 Å². The highest BCUT2D eigenvalue weighted by molar-refractivity contribution is 9.10. The van der Waals surface area contributed by atoms with Crippen LogP contribution in [0.4, 0.5) is 0 Å². The van der Waals surface area contributed by atoms with Gasteiger partial charge in [-0.1, -0.05) is 34.1 Å². The zero-order valence-corrected chi connectivity index (χ0v) is 13.5. The molecule has 98 valence electrons. The Morgan fingerprint density at radius 3 is 2.39 bits per heavy atom. The summed E-state index contributed by atoms with van der Waals surface area (Å²) in [5.74, 6) is 0.332. The highest BCUT2D eigenvalue weighted by Gasteiger charge is 2.31. The second-order valence-electron chi connectivity index (χ2n) is 5.67. The van der Waals surface area contributed by atoms with Gasteiger partial charge in [0, 0.05) is 20.0 Å². The molecule has 2 atom stereocenters. The van der Waals surface area contributed by atoms with Gasteiger partial charge in [0.1, 0.15) is 0 Å². The molecule has 0 N–H and O–H groups in total. The van der Waals surface area contributed by atoms with Gasteiger partial charge < -0.3 is 0 Å². The SMILES string of the molecule is CC(C)(C)S(=O)C1=CCC[C@H]1c1ccc(Br)cc1. The van der Waals surface area contributed by atoms with Crippen LogP contribution in [0.25, 0.3) is 0 Å². The topological polar surface area (TPSA) is 17.1 Å². The van der Waals surface area contributed by atoms with Crippen LogP contribution in [0.5, 0.6) is 0 Å². The molecule has 1 aromatic carbocycles. The van der Waals surface area contributed by atoms with E-state index in [1.54, 1.807) is 0 Å². The lowest BCUT2D eigenvalue weighted by Gasteiger charge is -2.23. The lowest BCUT2D eigenvalue weighted by molar-refractivity contribution is 0.649. The van der Waals surface area contributed by atoms with Crippen molar-refractivity contribution in [3.8, 4) is 0 Å². The van der Waals surface area contributed by atoms with Crippen LogP contribution in [0, 0.1) is 0 Å². The molecule has 0 aliphatic heterocycles. The molecule has 0 saturated heterocycles. The Morgan fingerprint density at radius 2 is 1.83 bits per heavy atom. The first-order valence-corrected chi connectivity index (χ1v) is 8.21. The predicted octanol–water partition coefficient (Wildman–Crippen LogP) is 4.76. The van der Waals surface area contributed by atoms with Crippen LogP contribution in [-0.2, 0) is 10.8 Å². The summed E-state index contributed by atoms with van der Waals surface area (Å²) in [5, 5.41) is 0. The Morgan fingerprint density at radius 1 is 1.22 bits per heavy atom. The minimum atomic E-state index is -0.899. The highest BCUT2D eigenvalue weighted by Crippen LogP contribution is 2.40. The second-order valence-corrected chi connectivity index (χ2v) is 8.82. The fourth-order valence-electron chi connectivity index (χ4n) is 2.26. The average molecular weight is 327 g/mol. The van der Waals surface area contributed by atoms with Crippen LogP contribution in [0.1, 0.15) is 45.1 Å². The molecule has 1 aliphatic rings. The van der Waals surface area contributed by atoms with Gasteiger partial charge in [-0.25, -0.2) is 0 Å². The molecule has 0 bridgehead atoms. The van der Waals surface area contributed by atoms with Crippen LogP contribution in [0.3, 0.4) is 0 Å². The summed E-state index contributed by atoms with van der Waals surface area (Å²) in [5.41, 5.74) is 1.28. The second kappa shape index (κ2) is 5.30. The first-order valence-electron chi connectivity index (χ1n) is 6.27.